The van der Waals surface area contributed by atoms with Crippen LogP contribution in [-0.4, -0.2) is 17.7 Å². The van der Waals surface area contributed by atoms with E-state index in [4.69, 9.17) is 11.6 Å². The van der Waals surface area contributed by atoms with E-state index < -0.39 is 0 Å². The molecule has 5 rings (SSSR count). The highest BCUT2D eigenvalue weighted by Crippen LogP contribution is 2.41. The first-order valence-corrected chi connectivity index (χ1v) is 9.26. The molecule has 2 aliphatic rings. The molecule has 3 aromatic rings. The van der Waals surface area contributed by atoms with Crippen molar-refractivity contribution in [1.82, 2.24) is 9.88 Å². The lowest BCUT2D eigenvalue weighted by Crippen LogP contribution is -2.08. The molecule has 24 heavy (non-hydrogen) atoms. The topological polar surface area (TPSA) is 17.0 Å². The Morgan fingerprint density at radius 1 is 1.00 bits per heavy atom. The van der Waals surface area contributed by atoms with Crippen molar-refractivity contribution in [1.29, 1.82) is 0 Å². The second-order valence-corrected chi connectivity index (χ2v) is 7.55. The fourth-order valence-corrected chi connectivity index (χ4v) is 4.77. The van der Waals surface area contributed by atoms with Crippen LogP contribution in [0.15, 0.2) is 48.7 Å². The lowest BCUT2D eigenvalue weighted by molar-refractivity contribution is 0.625. The SMILES string of the molecule is Clc1ccc([C@@H]2CNC[C@H]2c2cn3c4c(cccc24)CCC3)cc1. The molecule has 0 unspecified atom stereocenters. The lowest BCUT2D eigenvalue weighted by atomic mass is 9.84. The third-order valence-electron chi connectivity index (χ3n) is 5.77. The van der Waals surface area contributed by atoms with E-state index in [-0.39, 0.29) is 0 Å². The van der Waals surface area contributed by atoms with Crippen LogP contribution in [0.2, 0.25) is 5.02 Å². The van der Waals surface area contributed by atoms with E-state index in [2.05, 4.69) is 46.4 Å². The molecule has 2 aromatic carbocycles. The molecule has 0 saturated carbocycles. The average Bonchev–Trinajstić information content (AvgIpc) is 3.22. The Morgan fingerprint density at radius 3 is 2.71 bits per heavy atom. The van der Waals surface area contributed by atoms with Crippen molar-refractivity contribution in [2.75, 3.05) is 13.1 Å². The van der Waals surface area contributed by atoms with Gasteiger partial charge in [0.25, 0.3) is 0 Å². The quantitative estimate of drug-likeness (QED) is 0.717. The first kappa shape index (κ1) is 14.6. The van der Waals surface area contributed by atoms with Crippen LogP contribution in [0.4, 0.5) is 0 Å². The Balaban J connectivity index is 1.62. The maximum Gasteiger partial charge on any atom is 0.0515 e. The summed E-state index contributed by atoms with van der Waals surface area (Å²) in [6.07, 6.45) is 4.89. The molecule has 1 fully saturated rings. The van der Waals surface area contributed by atoms with Gasteiger partial charge in [0.15, 0.2) is 0 Å². The monoisotopic (exact) mass is 336 g/mol. The summed E-state index contributed by atoms with van der Waals surface area (Å²) in [5.41, 5.74) is 5.89. The summed E-state index contributed by atoms with van der Waals surface area (Å²) in [5.74, 6) is 1.05. The summed E-state index contributed by atoms with van der Waals surface area (Å²) in [6, 6.07) is 15.3. The van der Waals surface area contributed by atoms with E-state index in [1.807, 2.05) is 12.1 Å². The molecule has 2 nitrogen and oxygen atoms in total. The van der Waals surface area contributed by atoms with Crippen molar-refractivity contribution in [3.05, 3.63) is 70.4 Å². The number of aryl methyl sites for hydroxylation is 2. The molecule has 3 heterocycles. The van der Waals surface area contributed by atoms with Crippen LogP contribution in [0.3, 0.4) is 0 Å². The Morgan fingerprint density at radius 2 is 1.83 bits per heavy atom. The van der Waals surface area contributed by atoms with Gasteiger partial charge < -0.3 is 9.88 Å². The number of para-hydroxylation sites is 1. The molecular weight excluding hydrogens is 316 g/mol. The molecule has 1 N–H and O–H groups in total. The Kier molecular flexibility index (Phi) is 3.43. The van der Waals surface area contributed by atoms with Crippen molar-refractivity contribution in [2.45, 2.75) is 31.2 Å². The highest BCUT2D eigenvalue weighted by Gasteiger charge is 2.32. The number of nitrogens with zero attached hydrogens (tertiary/aromatic N) is 1. The summed E-state index contributed by atoms with van der Waals surface area (Å²) in [5, 5.41) is 5.89. The maximum absolute atomic E-state index is 6.08. The molecule has 0 spiro atoms. The minimum Gasteiger partial charge on any atom is -0.347 e. The minimum atomic E-state index is 0.519. The molecule has 2 aliphatic heterocycles. The van der Waals surface area contributed by atoms with Crippen molar-refractivity contribution in [3.8, 4) is 0 Å². The number of hydrogen-bond donors (Lipinski definition) is 1. The molecule has 0 amide bonds. The van der Waals surface area contributed by atoms with E-state index in [9.17, 15) is 0 Å². The Labute approximate surface area is 147 Å². The molecular formula is C21H21ClN2. The van der Waals surface area contributed by atoms with Crippen LogP contribution in [0.5, 0.6) is 0 Å². The van der Waals surface area contributed by atoms with Crippen LogP contribution in [0.25, 0.3) is 10.9 Å². The molecule has 0 aliphatic carbocycles. The zero-order chi connectivity index (χ0) is 16.1. The van der Waals surface area contributed by atoms with E-state index in [1.165, 1.54) is 40.4 Å². The van der Waals surface area contributed by atoms with Gasteiger partial charge in [-0.3, -0.25) is 0 Å². The average molecular weight is 337 g/mol. The normalized spacial score (nSPS) is 23.0. The third kappa shape index (κ3) is 2.21. The van der Waals surface area contributed by atoms with Crippen molar-refractivity contribution < 1.29 is 0 Å². The van der Waals surface area contributed by atoms with Crippen LogP contribution in [-0.2, 0) is 13.0 Å². The molecule has 0 bridgehead atoms. The van der Waals surface area contributed by atoms with Crippen LogP contribution in [0.1, 0.15) is 34.9 Å². The third-order valence-corrected chi connectivity index (χ3v) is 6.02. The van der Waals surface area contributed by atoms with Gasteiger partial charge in [-0.2, -0.15) is 0 Å². The van der Waals surface area contributed by atoms with E-state index >= 15 is 0 Å². The van der Waals surface area contributed by atoms with Crippen molar-refractivity contribution in [2.24, 2.45) is 0 Å². The second-order valence-electron chi connectivity index (χ2n) is 7.12. The van der Waals surface area contributed by atoms with Crippen molar-refractivity contribution >= 4 is 22.5 Å². The van der Waals surface area contributed by atoms with Gasteiger partial charge in [-0.1, -0.05) is 41.9 Å². The second kappa shape index (κ2) is 5.65. The predicted molar refractivity (Wildman–Crippen MR) is 100 cm³/mol. The summed E-state index contributed by atoms with van der Waals surface area (Å²) in [6.45, 7) is 3.24. The zero-order valence-electron chi connectivity index (χ0n) is 13.6. The van der Waals surface area contributed by atoms with E-state index in [0.29, 0.717) is 11.8 Å². The van der Waals surface area contributed by atoms with Crippen LogP contribution in [0, 0.1) is 0 Å². The van der Waals surface area contributed by atoms with Gasteiger partial charge in [-0.05, 0) is 41.7 Å². The van der Waals surface area contributed by atoms with Crippen LogP contribution < -0.4 is 5.32 Å². The number of hydrogen-bond acceptors (Lipinski definition) is 1. The summed E-state index contributed by atoms with van der Waals surface area (Å²) >= 11 is 6.08. The highest BCUT2D eigenvalue weighted by atomic mass is 35.5. The molecule has 3 heteroatoms. The van der Waals surface area contributed by atoms with Gasteiger partial charge in [0.1, 0.15) is 0 Å². The van der Waals surface area contributed by atoms with Gasteiger partial charge in [-0.15, -0.1) is 0 Å². The molecule has 1 aromatic heterocycles. The highest BCUT2D eigenvalue weighted by molar-refractivity contribution is 6.30. The molecule has 2 atom stereocenters. The summed E-state index contributed by atoms with van der Waals surface area (Å²) in [7, 11) is 0. The number of halogens is 1. The van der Waals surface area contributed by atoms with E-state index in [0.717, 1.165) is 24.7 Å². The summed E-state index contributed by atoms with van der Waals surface area (Å²) < 4.78 is 2.49. The Bertz CT molecular complexity index is 894. The largest absolute Gasteiger partial charge is 0.347 e. The van der Waals surface area contributed by atoms with Crippen molar-refractivity contribution in [3.63, 3.8) is 0 Å². The fourth-order valence-electron chi connectivity index (χ4n) is 4.64. The van der Waals surface area contributed by atoms with Crippen LogP contribution >= 0.6 is 11.6 Å². The van der Waals surface area contributed by atoms with Gasteiger partial charge in [0.05, 0.1) is 5.52 Å². The number of benzene rings is 2. The first-order valence-electron chi connectivity index (χ1n) is 8.88. The Hall–Kier alpha value is -1.77. The zero-order valence-corrected chi connectivity index (χ0v) is 14.4. The van der Waals surface area contributed by atoms with Gasteiger partial charge in [-0.25, -0.2) is 0 Å². The first-order chi connectivity index (χ1) is 11.8. The maximum atomic E-state index is 6.08. The lowest BCUT2D eigenvalue weighted by Gasteiger charge is -2.19. The van der Waals surface area contributed by atoms with E-state index in [1.54, 1.807) is 0 Å². The smallest absolute Gasteiger partial charge is 0.0515 e. The standard InChI is InChI=1S/C21H21ClN2/c22-16-8-6-14(7-9-16)18-11-23-12-19(18)20-13-24-10-2-4-15-3-1-5-17(20)21(15)24/h1,3,5-9,13,18-19,23H,2,4,10-12H2/t18-,19+/m0/s1. The van der Waals surface area contributed by atoms with Gasteiger partial charge >= 0.3 is 0 Å². The number of aromatic nitrogens is 1. The molecule has 122 valence electrons. The minimum absolute atomic E-state index is 0.519. The number of nitrogens with one attached hydrogen (secondary N) is 1. The molecule has 0 radical (unpaired) electrons. The summed E-state index contributed by atoms with van der Waals surface area (Å²) in [4.78, 5) is 0. The molecule has 1 saturated heterocycles. The van der Waals surface area contributed by atoms with Gasteiger partial charge in [0.2, 0.25) is 0 Å². The fraction of sp³-hybridized carbons (Fsp3) is 0.333. The predicted octanol–water partition coefficient (Wildman–Crippen LogP) is 4.71. The number of rotatable bonds is 2. The van der Waals surface area contributed by atoms with Gasteiger partial charge in [0, 0.05) is 48.1 Å².